The number of aldehydes is 1. The fraction of sp³-hybridized carbons (Fsp3) is 0.727. The van der Waals surface area contributed by atoms with Gasteiger partial charge in [0.2, 0.25) is 5.91 Å². The number of rotatable bonds is 7. The molecule has 0 rings (SSSR count). The number of hydrogen-bond acceptors (Lipinski definition) is 5. The first kappa shape index (κ1) is 16.1. The van der Waals surface area contributed by atoms with Crippen LogP contribution in [0.4, 0.5) is 0 Å². The number of Topliss-reactive ketones (excluding diaryl/α,β-unsaturated/α-hetero) is 1. The van der Waals surface area contributed by atoms with Crippen LogP contribution in [-0.2, 0) is 14.4 Å². The third-order valence-corrected chi connectivity index (χ3v) is 2.83. The van der Waals surface area contributed by atoms with E-state index in [1.54, 1.807) is 13.8 Å². The van der Waals surface area contributed by atoms with Crippen molar-refractivity contribution in [2.45, 2.75) is 31.6 Å². The zero-order valence-corrected chi connectivity index (χ0v) is 11.3. The summed E-state index contributed by atoms with van der Waals surface area (Å²) in [4.78, 5) is 35.3. The highest BCUT2D eigenvalue weighted by molar-refractivity contribution is 7.81. The smallest absolute Gasteiger partial charge is 0.224 e. The molecule has 0 bridgehead atoms. The summed E-state index contributed by atoms with van der Waals surface area (Å²) < 4.78 is 0. The van der Waals surface area contributed by atoms with Crippen molar-refractivity contribution in [1.82, 2.24) is 4.90 Å². The van der Waals surface area contributed by atoms with Gasteiger partial charge < -0.3 is 15.4 Å². The lowest BCUT2D eigenvalue weighted by Gasteiger charge is -2.27. The Balaban J connectivity index is 4.63. The monoisotopic (exact) mass is 260 g/mol. The van der Waals surface area contributed by atoms with E-state index in [-0.39, 0.29) is 30.6 Å². The van der Waals surface area contributed by atoms with Crippen molar-refractivity contribution in [3.05, 3.63) is 0 Å². The number of likely N-dealkylation sites (N-methyl/N-ethyl adjacent to an activating group) is 1. The molecule has 0 saturated carbocycles. The fourth-order valence-corrected chi connectivity index (χ4v) is 1.55. The molecule has 2 unspecified atom stereocenters. The van der Waals surface area contributed by atoms with E-state index in [1.807, 2.05) is 0 Å². The summed E-state index contributed by atoms with van der Waals surface area (Å²) in [5.41, 5.74) is 5.51. The molecule has 0 aliphatic carbocycles. The van der Waals surface area contributed by atoms with Crippen LogP contribution < -0.4 is 5.73 Å². The minimum absolute atomic E-state index is 0.0228. The first-order valence-corrected chi connectivity index (χ1v) is 5.99. The zero-order chi connectivity index (χ0) is 13.6. The van der Waals surface area contributed by atoms with Gasteiger partial charge in [-0.1, -0.05) is 13.8 Å². The van der Waals surface area contributed by atoms with Crippen molar-refractivity contribution in [2.75, 3.05) is 13.6 Å². The van der Waals surface area contributed by atoms with E-state index >= 15 is 0 Å². The van der Waals surface area contributed by atoms with Gasteiger partial charge in [-0.15, -0.1) is 0 Å². The van der Waals surface area contributed by atoms with E-state index in [0.717, 1.165) is 0 Å². The highest BCUT2D eigenvalue weighted by Gasteiger charge is 2.27. The van der Waals surface area contributed by atoms with E-state index in [4.69, 9.17) is 5.73 Å². The van der Waals surface area contributed by atoms with Crippen LogP contribution in [0.15, 0.2) is 0 Å². The Labute approximate surface area is 107 Å². The van der Waals surface area contributed by atoms with Gasteiger partial charge in [-0.25, -0.2) is 0 Å². The van der Waals surface area contributed by atoms with Gasteiger partial charge in [-0.2, -0.15) is 12.6 Å². The Bertz CT molecular complexity index is 294. The number of ketones is 1. The van der Waals surface area contributed by atoms with Crippen LogP contribution in [-0.4, -0.2) is 47.8 Å². The minimum Gasteiger partial charge on any atom is -0.334 e. The van der Waals surface area contributed by atoms with Gasteiger partial charge in [0.25, 0.3) is 0 Å². The van der Waals surface area contributed by atoms with Crippen LogP contribution in [0, 0.1) is 5.92 Å². The summed E-state index contributed by atoms with van der Waals surface area (Å²) >= 11 is 3.92. The Morgan fingerprint density at radius 2 is 1.94 bits per heavy atom. The summed E-state index contributed by atoms with van der Waals surface area (Å²) in [6, 6.07) is -0.630. The standard InChI is InChI=1S/C11H20N2O3S/c1-7(2)11(16)9(5-12)13(3)10(15)4-8(17)6-14/h6-9,17H,4-5,12H2,1-3H3. The molecule has 2 N–H and O–H groups in total. The van der Waals surface area contributed by atoms with Gasteiger partial charge in [0.05, 0.1) is 5.25 Å². The van der Waals surface area contributed by atoms with E-state index in [9.17, 15) is 14.4 Å². The third kappa shape index (κ3) is 4.87. The molecular formula is C11H20N2O3S. The third-order valence-electron chi connectivity index (χ3n) is 2.52. The molecule has 0 aliphatic rings. The van der Waals surface area contributed by atoms with Gasteiger partial charge >= 0.3 is 0 Å². The van der Waals surface area contributed by atoms with E-state index in [1.165, 1.54) is 11.9 Å². The van der Waals surface area contributed by atoms with Gasteiger partial charge in [0.1, 0.15) is 12.3 Å². The Kier molecular flexibility index (Phi) is 7.06. The molecule has 98 valence electrons. The highest BCUT2D eigenvalue weighted by atomic mass is 32.1. The van der Waals surface area contributed by atoms with E-state index < -0.39 is 11.3 Å². The lowest BCUT2D eigenvalue weighted by Crippen LogP contribution is -2.48. The second-order valence-corrected chi connectivity index (χ2v) is 4.88. The molecule has 0 spiro atoms. The minimum atomic E-state index is -0.641. The average molecular weight is 260 g/mol. The molecular weight excluding hydrogens is 240 g/mol. The fourth-order valence-electron chi connectivity index (χ4n) is 1.39. The van der Waals surface area contributed by atoms with E-state index in [2.05, 4.69) is 12.6 Å². The Hall–Kier alpha value is -0.880. The predicted octanol–water partition coefficient (Wildman–Crippen LogP) is -0.115. The van der Waals surface area contributed by atoms with Crippen LogP contribution in [0.2, 0.25) is 0 Å². The lowest BCUT2D eigenvalue weighted by molar-refractivity contribution is -0.139. The molecule has 0 fully saturated rings. The zero-order valence-electron chi connectivity index (χ0n) is 10.4. The van der Waals surface area contributed by atoms with Gasteiger partial charge in [-0.3, -0.25) is 9.59 Å². The first-order valence-electron chi connectivity index (χ1n) is 5.47. The van der Waals surface area contributed by atoms with Gasteiger partial charge in [-0.05, 0) is 0 Å². The van der Waals surface area contributed by atoms with Crippen molar-refractivity contribution in [3.63, 3.8) is 0 Å². The molecule has 2 atom stereocenters. The number of hydrogen-bond donors (Lipinski definition) is 2. The van der Waals surface area contributed by atoms with Crippen LogP contribution in [0.5, 0.6) is 0 Å². The molecule has 0 heterocycles. The van der Waals surface area contributed by atoms with Gasteiger partial charge in [0.15, 0.2) is 5.78 Å². The number of nitrogens with zero attached hydrogens (tertiary/aromatic N) is 1. The van der Waals surface area contributed by atoms with Crippen LogP contribution in [0.1, 0.15) is 20.3 Å². The molecule has 5 nitrogen and oxygen atoms in total. The van der Waals surface area contributed by atoms with Crippen molar-refractivity contribution in [1.29, 1.82) is 0 Å². The lowest BCUT2D eigenvalue weighted by atomic mass is 10.0. The maximum absolute atomic E-state index is 11.8. The summed E-state index contributed by atoms with van der Waals surface area (Å²) in [5.74, 6) is -0.566. The summed E-state index contributed by atoms with van der Waals surface area (Å²) in [5, 5.41) is -0.641. The number of thiol groups is 1. The van der Waals surface area contributed by atoms with Crippen molar-refractivity contribution < 1.29 is 14.4 Å². The number of amides is 1. The normalized spacial score (nSPS) is 14.2. The van der Waals surface area contributed by atoms with Gasteiger partial charge in [0, 0.05) is 25.9 Å². The van der Waals surface area contributed by atoms with Crippen molar-refractivity contribution in [2.24, 2.45) is 11.7 Å². The molecule has 0 saturated heterocycles. The number of carbonyl (C=O) groups excluding carboxylic acids is 3. The summed E-state index contributed by atoms with van der Waals surface area (Å²) in [7, 11) is 1.52. The molecule has 0 radical (unpaired) electrons. The van der Waals surface area contributed by atoms with Crippen LogP contribution in [0.3, 0.4) is 0 Å². The molecule has 17 heavy (non-hydrogen) atoms. The Morgan fingerprint density at radius 3 is 2.29 bits per heavy atom. The largest absolute Gasteiger partial charge is 0.334 e. The molecule has 0 aromatic heterocycles. The molecule has 1 amide bonds. The average Bonchev–Trinajstić information content (AvgIpc) is 2.28. The SMILES string of the molecule is CC(C)C(=O)C(CN)N(C)C(=O)CC(S)C=O. The topological polar surface area (TPSA) is 80.5 Å². The quantitative estimate of drug-likeness (QED) is 0.494. The van der Waals surface area contributed by atoms with Crippen LogP contribution >= 0.6 is 12.6 Å². The number of carbonyl (C=O) groups is 3. The molecule has 0 aromatic rings. The maximum atomic E-state index is 11.8. The van der Waals surface area contributed by atoms with E-state index in [0.29, 0.717) is 6.29 Å². The number of nitrogens with two attached hydrogens (primary N) is 1. The molecule has 6 heteroatoms. The van der Waals surface area contributed by atoms with Crippen molar-refractivity contribution in [3.8, 4) is 0 Å². The second-order valence-electron chi connectivity index (χ2n) is 4.22. The van der Waals surface area contributed by atoms with Crippen LogP contribution in [0.25, 0.3) is 0 Å². The maximum Gasteiger partial charge on any atom is 0.224 e. The Morgan fingerprint density at radius 1 is 1.41 bits per heavy atom. The second kappa shape index (κ2) is 7.45. The predicted molar refractivity (Wildman–Crippen MR) is 68.9 cm³/mol. The molecule has 0 aliphatic heterocycles. The first-order chi connectivity index (χ1) is 7.84. The van der Waals surface area contributed by atoms with Crippen molar-refractivity contribution >= 4 is 30.6 Å². The summed E-state index contributed by atoms with van der Waals surface area (Å²) in [6.07, 6.45) is 0.571. The summed E-state index contributed by atoms with van der Waals surface area (Å²) in [6.45, 7) is 3.60. The highest BCUT2D eigenvalue weighted by Crippen LogP contribution is 2.09. The molecule has 0 aromatic carbocycles.